The Morgan fingerprint density at radius 2 is 1.83 bits per heavy atom. The molecule has 3 rings (SSSR count). The van der Waals surface area contributed by atoms with Crippen molar-refractivity contribution in [1.82, 2.24) is 15.1 Å². The summed E-state index contributed by atoms with van der Waals surface area (Å²) in [5, 5.41) is 2.88. The van der Waals surface area contributed by atoms with Gasteiger partial charge in [0.1, 0.15) is 5.76 Å². The van der Waals surface area contributed by atoms with E-state index in [9.17, 15) is 9.59 Å². The maximum atomic E-state index is 12.3. The number of hydrogen-bond acceptors (Lipinski definition) is 3. The largest absolute Gasteiger partial charge is 0.467 e. The fourth-order valence-corrected chi connectivity index (χ4v) is 3.55. The minimum Gasteiger partial charge on any atom is -0.467 e. The summed E-state index contributed by atoms with van der Waals surface area (Å²) in [6.45, 7) is 3.71. The smallest absolute Gasteiger partial charge is 0.317 e. The molecule has 6 heteroatoms. The number of hydrogen-bond donors (Lipinski definition) is 1. The van der Waals surface area contributed by atoms with Crippen LogP contribution in [-0.2, 0) is 11.3 Å². The molecule has 0 bridgehead atoms. The zero-order valence-electron chi connectivity index (χ0n) is 14.2. The van der Waals surface area contributed by atoms with Crippen molar-refractivity contribution in [3.8, 4) is 0 Å². The number of amides is 3. The molecule has 0 atom stereocenters. The van der Waals surface area contributed by atoms with E-state index in [1.807, 2.05) is 21.9 Å². The van der Waals surface area contributed by atoms with Gasteiger partial charge in [0.15, 0.2) is 0 Å². The fraction of sp³-hybridized carbons (Fsp3) is 0.667. The average molecular weight is 333 g/mol. The van der Waals surface area contributed by atoms with Crippen LogP contribution in [0.1, 0.15) is 44.3 Å². The molecule has 0 saturated carbocycles. The van der Waals surface area contributed by atoms with Crippen molar-refractivity contribution in [2.75, 3.05) is 26.2 Å². The van der Waals surface area contributed by atoms with Gasteiger partial charge in [-0.1, -0.05) is 0 Å². The molecule has 3 amide bonds. The number of piperidine rings is 2. The van der Waals surface area contributed by atoms with Gasteiger partial charge in [-0.3, -0.25) is 4.79 Å². The monoisotopic (exact) mass is 333 g/mol. The number of furan rings is 1. The first-order valence-electron chi connectivity index (χ1n) is 9.05. The Hall–Kier alpha value is -1.98. The Balaban J connectivity index is 1.37. The van der Waals surface area contributed by atoms with E-state index < -0.39 is 0 Å². The minimum atomic E-state index is -0.0489. The Morgan fingerprint density at radius 1 is 1.08 bits per heavy atom. The average Bonchev–Trinajstić information content (AvgIpc) is 3.14. The molecule has 2 fully saturated rings. The highest BCUT2D eigenvalue weighted by Crippen LogP contribution is 2.22. The van der Waals surface area contributed by atoms with Gasteiger partial charge in [-0.15, -0.1) is 0 Å². The second-order valence-corrected chi connectivity index (χ2v) is 6.81. The number of rotatable bonds is 4. The van der Waals surface area contributed by atoms with Crippen LogP contribution in [-0.4, -0.2) is 47.9 Å². The Kier molecular flexibility index (Phi) is 5.77. The molecule has 1 N–H and O–H groups in total. The van der Waals surface area contributed by atoms with E-state index in [0.29, 0.717) is 24.8 Å². The first-order valence-corrected chi connectivity index (χ1v) is 9.05. The van der Waals surface area contributed by atoms with E-state index in [1.54, 1.807) is 6.26 Å². The predicted molar refractivity (Wildman–Crippen MR) is 90.3 cm³/mol. The van der Waals surface area contributed by atoms with E-state index in [-0.39, 0.29) is 6.03 Å². The second kappa shape index (κ2) is 8.22. The molecule has 132 valence electrons. The van der Waals surface area contributed by atoms with Crippen LogP contribution < -0.4 is 5.32 Å². The molecule has 0 aliphatic carbocycles. The third-order valence-electron chi connectivity index (χ3n) is 5.07. The van der Waals surface area contributed by atoms with Crippen LogP contribution in [0.25, 0.3) is 0 Å². The molecule has 2 saturated heterocycles. The molecular weight excluding hydrogens is 306 g/mol. The third kappa shape index (κ3) is 4.52. The van der Waals surface area contributed by atoms with Gasteiger partial charge in [0.05, 0.1) is 12.8 Å². The van der Waals surface area contributed by atoms with Gasteiger partial charge in [0.2, 0.25) is 5.91 Å². The van der Waals surface area contributed by atoms with Crippen LogP contribution in [0.15, 0.2) is 22.8 Å². The maximum absolute atomic E-state index is 12.3. The lowest BCUT2D eigenvalue weighted by Gasteiger charge is -2.33. The maximum Gasteiger partial charge on any atom is 0.317 e. The minimum absolute atomic E-state index is 0.0489. The van der Waals surface area contributed by atoms with E-state index in [1.165, 1.54) is 6.42 Å². The van der Waals surface area contributed by atoms with Gasteiger partial charge in [-0.25, -0.2) is 4.79 Å². The zero-order valence-corrected chi connectivity index (χ0v) is 14.2. The van der Waals surface area contributed by atoms with Crippen molar-refractivity contribution < 1.29 is 14.0 Å². The van der Waals surface area contributed by atoms with Crippen LogP contribution in [0, 0.1) is 5.92 Å². The van der Waals surface area contributed by atoms with Gasteiger partial charge in [0, 0.05) is 32.6 Å². The number of carbonyl (C=O) groups is 2. The highest BCUT2D eigenvalue weighted by atomic mass is 16.3. The highest BCUT2D eigenvalue weighted by molar-refractivity contribution is 5.77. The Labute approximate surface area is 143 Å². The first-order chi connectivity index (χ1) is 11.7. The lowest BCUT2D eigenvalue weighted by atomic mass is 9.93. The Bertz CT molecular complexity index is 530. The number of likely N-dealkylation sites (tertiary alicyclic amines) is 2. The van der Waals surface area contributed by atoms with Crippen LogP contribution in [0.2, 0.25) is 0 Å². The number of nitrogens with zero attached hydrogens (tertiary/aromatic N) is 2. The van der Waals surface area contributed by atoms with Gasteiger partial charge in [-0.2, -0.15) is 0 Å². The summed E-state index contributed by atoms with van der Waals surface area (Å²) in [5.41, 5.74) is 0. The van der Waals surface area contributed by atoms with E-state index in [2.05, 4.69) is 5.32 Å². The van der Waals surface area contributed by atoms with E-state index in [4.69, 9.17) is 4.42 Å². The summed E-state index contributed by atoms with van der Waals surface area (Å²) < 4.78 is 5.21. The van der Waals surface area contributed by atoms with Gasteiger partial charge in [-0.05, 0) is 50.2 Å². The number of urea groups is 1. The first kappa shape index (κ1) is 16.9. The van der Waals surface area contributed by atoms with Crippen molar-refractivity contribution in [3.63, 3.8) is 0 Å². The van der Waals surface area contributed by atoms with Gasteiger partial charge in [0.25, 0.3) is 0 Å². The molecule has 0 radical (unpaired) electrons. The molecule has 0 unspecified atom stereocenters. The molecule has 6 nitrogen and oxygen atoms in total. The molecular formula is C18H27N3O3. The van der Waals surface area contributed by atoms with Crippen LogP contribution in [0.3, 0.4) is 0 Å². The summed E-state index contributed by atoms with van der Waals surface area (Å²) in [6, 6.07) is 3.61. The zero-order chi connectivity index (χ0) is 16.8. The van der Waals surface area contributed by atoms with Gasteiger partial charge < -0.3 is 19.5 Å². The summed E-state index contributed by atoms with van der Waals surface area (Å²) in [7, 11) is 0. The molecule has 0 spiro atoms. The summed E-state index contributed by atoms with van der Waals surface area (Å²) >= 11 is 0. The van der Waals surface area contributed by atoms with Crippen LogP contribution in [0.4, 0.5) is 4.79 Å². The fourth-order valence-electron chi connectivity index (χ4n) is 3.55. The molecule has 1 aromatic heterocycles. The summed E-state index contributed by atoms with van der Waals surface area (Å²) in [6.07, 6.45) is 7.59. The van der Waals surface area contributed by atoms with Crippen molar-refractivity contribution >= 4 is 11.9 Å². The predicted octanol–water partition coefficient (Wildman–Crippen LogP) is 2.60. The van der Waals surface area contributed by atoms with Crippen molar-refractivity contribution in [2.45, 2.75) is 45.1 Å². The topological polar surface area (TPSA) is 65.8 Å². The molecule has 2 aliphatic rings. The van der Waals surface area contributed by atoms with Crippen molar-refractivity contribution in [2.24, 2.45) is 5.92 Å². The van der Waals surface area contributed by atoms with Crippen molar-refractivity contribution in [3.05, 3.63) is 24.2 Å². The summed E-state index contributed by atoms with van der Waals surface area (Å²) in [4.78, 5) is 28.4. The normalized spacial score (nSPS) is 19.3. The third-order valence-corrected chi connectivity index (χ3v) is 5.07. The molecule has 2 aliphatic heterocycles. The van der Waals surface area contributed by atoms with Crippen LogP contribution in [0.5, 0.6) is 0 Å². The number of nitrogens with one attached hydrogen (secondary N) is 1. The van der Waals surface area contributed by atoms with Gasteiger partial charge >= 0.3 is 6.03 Å². The van der Waals surface area contributed by atoms with E-state index in [0.717, 1.165) is 57.6 Å². The SMILES string of the molecule is O=C(CC1CCN(C(=O)NCc2ccco2)CC1)N1CCCCC1. The molecule has 24 heavy (non-hydrogen) atoms. The standard InChI is InChI=1S/C18H27N3O3/c22-17(20-8-2-1-3-9-20)13-15-6-10-21(11-7-15)18(23)19-14-16-5-4-12-24-16/h4-5,12,15H,1-3,6-11,13-14H2,(H,19,23). The van der Waals surface area contributed by atoms with Crippen LogP contribution >= 0.6 is 0 Å². The summed E-state index contributed by atoms with van der Waals surface area (Å²) in [5.74, 6) is 1.47. The lowest BCUT2D eigenvalue weighted by Crippen LogP contribution is -2.45. The molecule has 0 aromatic carbocycles. The second-order valence-electron chi connectivity index (χ2n) is 6.81. The Morgan fingerprint density at radius 3 is 2.50 bits per heavy atom. The molecule has 1 aromatic rings. The quantitative estimate of drug-likeness (QED) is 0.921. The molecule has 3 heterocycles. The number of carbonyl (C=O) groups excluding carboxylic acids is 2. The van der Waals surface area contributed by atoms with Crippen molar-refractivity contribution in [1.29, 1.82) is 0 Å². The van der Waals surface area contributed by atoms with E-state index >= 15 is 0 Å². The lowest BCUT2D eigenvalue weighted by molar-refractivity contribution is -0.133. The highest BCUT2D eigenvalue weighted by Gasteiger charge is 2.26.